The third kappa shape index (κ3) is 5.88. The van der Waals surface area contributed by atoms with E-state index in [0.717, 1.165) is 12.8 Å². The normalized spacial score (nSPS) is 23.8. The number of aliphatic carboxylic acids is 1. The molecule has 0 spiro atoms. The van der Waals surface area contributed by atoms with Crippen LogP contribution in [0.1, 0.15) is 39.5 Å². The summed E-state index contributed by atoms with van der Waals surface area (Å²) in [5.74, 6) is -0.617. The molecule has 1 rings (SSSR count). The largest absolute Gasteiger partial charge is 0.481 e. The van der Waals surface area contributed by atoms with Crippen molar-refractivity contribution in [3.05, 3.63) is 0 Å². The van der Waals surface area contributed by atoms with E-state index in [9.17, 15) is 9.59 Å². The Bertz CT molecular complexity index is 333. The van der Waals surface area contributed by atoms with Crippen molar-refractivity contribution in [3.8, 4) is 0 Å². The lowest BCUT2D eigenvalue weighted by atomic mass is 9.94. The summed E-state index contributed by atoms with van der Waals surface area (Å²) in [5, 5.41) is 11.7. The lowest BCUT2D eigenvalue weighted by Crippen LogP contribution is -2.38. The van der Waals surface area contributed by atoms with Gasteiger partial charge >= 0.3 is 5.97 Å². The molecule has 0 aromatic rings. The standard InChI is InChI=1S/C14H26N2O4/c1-9(2)5-10(6-13(17)18)8-16-14(19)12-4-3-11(7-15)20-12/h9-12H,3-8,15H2,1-2H3,(H,16,19)(H,17,18). The average Bonchev–Trinajstić information content (AvgIpc) is 2.83. The zero-order valence-corrected chi connectivity index (χ0v) is 12.3. The second-order valence-electron chi connectivity index (χ2n) is 5.90. The fraction of sp³-hybridized carbons (Fsp3) is 0.857. The van der Waals surface area contributed by atoms with Crippen LogP contribution in [-0.2, 0) is 14.3 Å². The molecule has 0 aliphatic carbocycles. The molecule has 0 radical (unpaired) electrons. The number of carbonyl (C=O) groups excluding carboxylic acids is 1. The summed E-state index contributed by atoms with van der Waals surface area (Å²) >= 11 is 0. The Hall–Kier alpha value is -1.14. The summed E-state index contributed by atoms with van der Waals surface area (Å²) in [4.78, 5) is 22.8. The van der Waals surface area contributed by atoms with Crippen LogP contribution >= 0.6 is 0 Å². The first-order chi connectivity index (χ1) is 9.42. The maximum atomic E-state index is 12.0. The topological polar surface area (TPSA) is 102 Å². The summed E-state index contributed by atoms with van der Waals surface area (Å²) in [7, 11) is 0. The number of amides is 1. The van der Waals surface area contributed by atoms with Gasteiger partial charge in [0.25, 0.3) is 0 Å². The molecular formula is C14H26N2O4. The van der Waals surface area contributed by atoms with Gasteiger partial charge < -0.3 is 20.9 Å². The zero-order chi connectivity index (χ0) is 15.1. The van der Waals surface area contributed by atoms with Crippen molar-refractivity contribution in [2.75, 3.05) is 13.1 Å². The van der Waals surface area contributed by atoms with E-state index in [4.69, 9.17) is 15.6 Å². The van der Waals surface area contributed by atoms with Gasteiger partial charge in [-0.3, -0.25) is 9.59 Å². The number of rotatable bonds is 8. The Morgan fingerprint density at radius 1 is 1.40 bits per heavy atom. The Kier molecular flexibility index (Phi) is 6.95. The van der Waals surface area contributed by atoms with Crippen molar-refractivity contribution in [3.63, 3.8) is 0 Å². The van der Waals surface area contributed by atoms with Crippen LogP contribution in [0.4, 0.5) is 0 Å². The molecule has 3 unspecified atom stereocenters. The molecule has 1 heterocycles. The molecule has 4 N–H and O–H groups in total. The number of carbonyl (C=O) groups is 2. The summed E-state index contributed by atoms with van der Waals surface area (Å²) in [6, 6.07) is 0. The predicted octanol–water partition coefficient (Wildman–Crippen LogP) is 0.746. The van der Waals surface area contributed by atoms with Gasteiger partial charge in [-0.05, 0) is 31.1 Å². The highest BCUT2D eigenvalue weighted by Crippen LogP contribution is 2.19. The van der Waals surface area contributed by atoms with E-state index in [1.165, 1.54) is 0 Å². The fourth-order valence-corrected chi connectivity index (χ4v) is 2.58. The van der Waals surface area contributed by atoms with Crippen molar-refractivity contribution < 1.29 is 19.4 Å². The molecule has 0 bridgehead atoms. The number of nitrogens with one attached hydrogen (secondary N) is 1. The molecule has 6 heteroatoms. The van der Waals surface area contributed by atoms with Crippen LogP contribution in [-0.4, -0.2) is 42.3 Å². The van der Waals surface area contributed by atoms with Gasteiger partial charge in [0, 0.05) is 19.5 Å². The minimum Gasteiger partial charge on any atom is -0.481 e. The number of hydrogen-bond donors (Lipinski definition) is 3. The van der Waals surface area contributed by atoms with E-state index in [0.29, 0.717) is 25.4 Å². The summed E-state index contributed by atoms with van der Waals surface area (Å²) in [6.45, 7) is 4.90. The van der Waals surface area contributed by atoms with E-state index in [-0.39, 0.29) is 24.3 Å². The van der Waals surface area contributed by atoms with Gasteiger partial charge in [0.2, 0.25) is 5.91 Å². The number of ether oxygens (including phenoxy) is 1. The molecule has 1 fully saturated rings. The van der Waals surface area contributed by atoms with E-state index in [1.807, 2.05) is 13.8 Å². The number of carboxylic acid groups (broad SMARTS) is 1. The second kappa shape index (κ2) is 8.21. The van der Waals surface area contributed by atoms with Crippen LogP contribution in [0.5, 0.6) is 0 Å². The smallest absolute Gasteiger partial charge is 0.303 e. The monoisotopic (exact) mass is 286 g/mol. The van der Waals surface area contributed by atoms with Crippen LogP contribution in [0.2, 0.25) is 0 Å². The Morgan fingerprint density at radius 2 is 2.10 bits per heavy atom. The number of carboxylic acids is 1. The fourth-order valence-electron chi connectivity index (χ4n) is 2.58. The van der Waals surface area contributed by atoms with Crippen molar-refractivity contribution >= 4 is 11.9 Å². The maximum absolute atomic E-state index is 12.0. The predicted molar refractivity (Wildman–Crippen MR) is 75.2 cm³/mol. The van der Waals surface area contributed by atoms with Gasteiger partial charge in [-0.15, -0.1) is 0 Å². The van der Waals surface area contributed by atoms with Crippen molar-refractivity contribution in [2.24, 2.45) is 17.6 Å². The molecule has 1 amide bonds. The van der Waals surface area contributed by atoms with E-state index < -0.39 is 12.1 Å². The van der Waals surface area contributed by atoms with Crippen molar-refractivity contribution in [1.29, 1.82) is 0 Å². The highest BCUT2D eigenvalue weighted by Gasteiger charge is 2.30. The van der Waals surface area contributed by atoms with Gasteiger partial charge in [0.05, 0.1) is 6.10 Å². The van der Waals surface area contributed by atoms with Gasteiger partial charge in [0.1, 0.15) is 6.10 Å². The molecule has 0 aromatic carbocycles. The third-order valence-electron chi connectivity index (χ3n) is 3.50. The molecule has 0 aromatic heterocycles. The van der Waals surface area contributed by atoms with Crippen LogP contribution in [0, 0.1) is 11.8 Å². The summed E-state index contributed by atoms with van der Waals surface area (Å²) in [6.07, 6.45) is 1.88. The molecule has 1 saturated heterocycles. The highest BCUT2D eigenvalue weighted by molar-refractivity contribution is 5.81. The highest BCUT2D eigenvalue weighted by atomic mass is 16.5. The molecule has 3 atom stereocenters. The van der Waals surface area contributed by atoms with Crippen LogP contribution in [0.25, 0.3) is 0 Å². The Balaban J connectivity index is 2.38. The van der Waals surface area contributed by atoms with Crippen LogP contribution in [0.15, 0.2) is 0 Å². The van der Waals surface area contributed by atoms with Gasteiger partial charge in [0.15, 0.2) is 0 Å². The molecule has 1 aliphatic heterocycles. The first-order valence-corrected chi connectivity index (χ1v) is 7.27. The van der Waals surface area contributed by atoms with Gasteiger partial charge in [-0.1, -0.05) is 13.8 Å². The Morgan fingerprint density at radius 3 is 2.60 bits per heavy atom. The lowest BCUT2D eigenvalue weighted by Gasteiger charge is -2.19. The quantitative estimate of drug-likeness (QED) is 0.611. The van der Waals surface area contributed by atoms with Gasteiger partial charge in [-0.2, -0.15) is 0 Å². The molecule has 20 heavy (non-hydrogen) atoms. The summed E-state index contributed by atoms with van der Waals surface area (Å²) in [5.41, 5.74) is 5.51. The first-order valence-electron chi connectivity index (χ1n) is 7.27. The van der Waals surface area contributed by atoms with E-state index >= 15 is 0 Å². The first kappa shape index (κ1) is 16.9. The number of hydrogen-bond acceptors (Lipinski definition) is 4. The molecule has 6 nitrogen and oxygen atoms in total. The summed E-state index contributed by atoms with van der Waals surface area (Å²) < 4.78 is 5.51. The van der Waals surface area contributed by atoms with E-state index in [2.05, 4.69) is 5.32 Å². The van der Waals surface area contributed by atoms with E-state index in [1.54, 1.807) is 0 Å². The van der Waals surface area contributed by atoms with Crippen LogP contribution < -0.4 is 11.1 Å². The molecule has 0 saturated carbocycles. The Labute approximate surface area is 120 Å². The van der Waals surface area contributed by atoms with Crippen molar-refractivity contribution in [1.82, 2.24) is 5.32 Å². The minimum absolute atomic E-state index is 0.0313. The lowest BCUT2D eigenvalue weighted by molar-refractivity contribution is -0.139. The SMILES string of the molecule is CC(C)CC(CNC(=O)C1CCC(CN)O1)CC(=O)O. The average molecular weight is 286 g/mol. The second-order valence-corrected chi connectivity index (χ2v) is 5.90. The minimum atomic E-state index is -0.829. The maximum Gasteiger partial charge on any atom is 0.303 e. The molecular weight excluding hydrogens is 260 g/mol. The number of nitrogens with two attached hydrogens (primary N) is 1. The molecule has 116 valence electrons. The third-order valence-corrected chi connectivity index (χ3v) is 3.50. The van der Waals surface area contributed by atoms with Crippen LogP contribution in [0.3, 0.4) is 0 Å². The molecule has 1 aliphatic rings. The zero-order valence-electron chi connectivity index (χ0n) is 12.3. The van der Waals surface area contributed by atoms with Crippen molar-refractivity contribution in [2.45, 2.75) is 51.7 Å². The van der Waals surface area contributed by atoms with Gasteiger partial charge in [-0.25, -0.2) is 0 Å².